The predicted molar refractivity (Wildman–Crippen MR) is 122 cm³/mol. The lowest BCUT2D eigenvalue weighted by Gasteiger charge is -2.23. The van der Waals surface area contributed by atoms with Crippen LogP contribution in [-0.4, -0.2) is 29.5 Å². The fraction of sp³-hybridized carbons (Fsp3) is 0.192. The van der Waals surface area contributed by atoms with Gasteiger partial charge in [0.25, 0.3) is 0 Å². The number of likely N-dealkylation sites (tertiary alicyclic amines) is 1. The summed E-state index contributed by atoms with van der Waals surface area (Å²) in [5.41, 5.74) is 3.91. The molecule has 0 bridgehead atoms. The molecule has 1 heterocycles. The van der Waals surface area contributed by atoms with Gasteiger partial charge < -0.3 is 10.1 Å². The summed E-state index contributed by atoms with van der Waals surface area (Å²) in [4.78, 5) is 27.0. The molecule has 32 heavy (non-hydrogen) atoms. The summed E-state index contributed by atoms with van der Waals surface area (Å²) in [5, 5.41) is 12.1. The van der Waals surface area contributed by atoms with Gasteiger partial charge in [-0.15, -0.1) is 0 Å². The maximum Gasteiger partial charge on any atom is 0.410 e. The van der Waals surface area contributed by atoms with E-state index in [0.717, 1.165) is 23.1 Å². The summed E-state index contributed by atoms with van der Waals surface area (Å²) < 4.78 is 5.42. The van der Waals surface area contributed by atoms with Crippen molar-refractivity contribution >= 4 is 17.7 Å². The van der Waals surface area contributed by atoms with Gasteiger partial charge in [-0.1, -0.05) is 54.6 Å². The number of rotatable bonds is 5. The maximum absolute atomic E-state index is 12.9. The summed E-state index contributed by atoms with van der Waals surface area (Å²) >= 11 is 0. The summed E-state index contributed by atoms with van der Waals surface area (Å²) in [6.07, 6.45) is 0.865. The topological polar surface area (TPSA) is 82.4 Å². The van der Waals surface area contributed by atoms with Gasteiger partial charge in [0.15, 0.2) is 0 Å². The molecule has 0 spiro atoms. The Morgan fingerprint density at radius 1 is 1.00 bits per heavy atom. The van der Waals surface area contributed by atoms with Gasteiger partial charge in [0.2, 0.25) is 5.91 Å². The lowest BCUT2D eigenvalue weighted by molar-refractivity contribution is -0.120. The number of anilines is 1. The standard InChI is InChI=1S/C26H23N3O3/c27-17-20-9-4-10-21(15-20)22-11-5-12-23(16-22)28-25(30)24-13-6-14-29(24)26(31)32-18-19-7-2-1-3-8-19/h1-5,7-12,15-16,24H,6,13-14,18H2,(H,28,30). The molecule has 0 radical (unpaired) electrons. The van der Waals surface area contributed by atoms with Crippen LogP contribution in [0.25, 0.3) is 11.1 Å². The van der Waals surface area contributed by atoms with Gasteiger partial charge in [0.1, 0.15) is 12.6 Å². The van der Waals surface area contributed by atoms with E-state index in [4.69, 9.17) is 10.00 Å². The summed E-state index contributed by atoms with van der Waals surface area (Å²) in [6, 6.07) is 25.8. The molecule has 0 saturated carbocycles. The van der Waals surface area contributed by atoms with Gasteiger partial charge in [-0.05, 0) is 53.8 Å². The van der Waals surface area contributed by atoms with E-state index in [1.165, 1.54) is 4.90 Å². The number of carbonyl (C=O) groups excluding carboxylic acids is 2. The Labute approximate surface area is 187 Å². The Morgan fingerprint density at radius 2 is 1.75 bits per heavy atom. The Bertz CT molecular complexity index is 1150. The van der Waals surface area contributed by atoms with Gasteiger partial charge in [0, 0.05) is 12.2 Å². The van der Waals surface area contributed by atoms with Crippen molar-refractivity contribution in [2.75, 3.05) is 11.9 Å². The van der Waals surface area contributed by atoms with Crippen LogP contribution in [0.3, 0.4) is 0 Å². The van der Waals surface area contributed by atoms with Crippen molar-refractivity contribution in [2.24, 2.45) is 0 Å². The molecule has 1 aliphatic heterocycles. The highest BCUT2D eigenvalue weighted by Gasteiger charge is 2.35. The lowest BCUT2D eigenvalue weighted by atomic mass is 10.0. The van der Waals surface area contributed by atoms with E-state index in [1.807, 2.05) is 72.8 Å². The fourth-order valence-corrected chi connectivity index (χ4v) is 3.83. The minimum Gasteiger partial charge on any atom is -0.445 e. The number of hydrogen-bond donors (Lipinski definition) is 1. The number of nitrogens with one attached hydrogen (secondary N) is 1. The van der Waals surface area contributed by atoms with Crippen LogP contribution in [0.4, 0.5) is 10.5 Å². The van der Waals surface area contributed by atoms with Crippen LogP contribution in [0.1, 0.15) is 24.0 Å². The van der Waals surface area contributed by atoms with Crippen LogP contribution in [0.15, 0.2) is 78.9 Å². The normalized spacial score (nSPS) is 15.1. The maximum atomic E-state index is 12.9. The van der Waals surface area contributed by atoms with E-state index in [9.17, 15) is 9.59 Å². The van der Waals surface area contributed by atoms with E-state index in [0.29, 0.717) is 24.2 Å². The largest absolute Gasteiger partial charge is 0.445 e. The Hall–Kier alpha value is -4.11. The van der Waals surface area contributed by atoms with Crippen molar-refractivity contribution in [1.29, 1.82) is 5.26 Å². The number of amides is 2. The summed E-state index contributed by atoms with van der Waals surface area (Å²) in [5.74, 6) is -0.234. The summed E-state index contributed by atoms with van der Waals surface area (Å²) in [6.45, 7) is 0.668. The third-order valence-corrected chi connectivity index (χ3v) is 5.45. The van der Waals surface area contributed by atoms with Crippen LogP contribution >= 0.6 is 0 Å². The molecule has 1 fully saturated rings. The number of ether oxygens (including phenoxy) is 1. The minimum atomic E-state index is -0.566. The second-order valence-electron chi connectivity index (χ2n) is 7.65. The first-order chi connectivity index (χ1) is 15.6. The number of hydrogen-bond acceptors (Lipinski definition) is 4. The Morgan fingerprint density at radius 3 is 2.53 bits per heavy atom. The van der Waals surface area contributed by atoms with Crippen LogP contribution in [-0.2, 0) is 16.1 Å². The van der Waals surface area contributed by atoms with Gasteiger partial charge in [0.05, 0.1) is 11.6 Å². The third-order valence-electron chi connectivity index (χ3n) is 5.45. The molecule has 3 aromatic rings. The molecule has 1 aliphatic rings. The monoisotopic (exact) mass is 425 g/mol. The van der Waals surface area contributed by atoms with Crippen molar-refractivity contribution < 1.29 is 14.3 Å². The molecule has 1 N–H and O–H groups in total. The number of nitrogens with zero attached hydrogens (tertiary/aromatic N) is 2. The SMILES string of the molecule is N#Cc1cccc(-c2cccc(NC(=O)C3CCCN3C(=O)OCc3ccccc3)c2)c1. The van der Waals surface area contributed by atoms with Gasteiger partial charge >= 0.3 is 6.09 Å². The second kappa shape index (κ2) is 9.80. The Kier molecular flexibility index (Phi) is 6.47. The molecule has 0 aliphatic carbocycles. The zero-order valence-electron chi connectivity index (χ0n) is 17.5. The van der Waals surface area contributed by atoms with Crippen molar-refractivity contribution in [2.45, 2.75) is 25.5 Å². The van der Waals surface area contributed by atoms with E-state index < -0.39 is 12.1 Å². The lowest BCUT2D eigenvalue weighted by Crippen LogP contribution is -2.43. The molecular formula is C26H23N3O3. The molecule has 160 valence electrons. The number of benzene rings is 3. The van der Waals surface area contributed by atoms with E-state index in [1.54, 1.807) is 6.07 Å². The zero-order valence-corrected chi connectivity index (χ0v) is 17.5. The smallest absolute Gasteiger partial charge is 0.410 e. The molecule has 1 saturated heterocycles. The fourth-order valence-electron chi connectivity index (χ4n) is 3.83. The highest BCUT2D eigenvalue weighted by Crippen LogP contribution is 2.25. The first-order valence-electron chi connectivity index (χ1n) is 10.5. The van der Waals surface area contributed by atoms with Gasteiger partial charge in [-0.2, -0.15) is 5.26 Å². The quantitative estimate of drug-likeness (QED) is 0.626. The molecule has 6 nitrogen and oxygen atoms in total. The predicted octanol–water partition coefficient (Wildman–Crippen LogP) is 4.96. The number of nitriles is 1. The Balaban J connectivity index is 1.41. The van der Waals surface area contributed by atoms with Crippen molar-refractivity contribution in [3.63, 3.8) is 0 Å². The molecule has 3 aromatic carbocycles. The van der Waals surface area contributed by atoms with E-state index in [-0.39, 0.29) is 12.5 Å². The molecule has 0 aromatic heterocycles. The molecule has 6 heteroatoms. The van der Waals surface area contributed by atoms with Gasteiger partial charge in [-0.25, -0.2) is 4.79 Å². The van der Waals surface area contributed by atoms with Crippen molar-refractivity contribution in [1.82, 2.24) is 4.90 Å². The zero-order chi connectivity index (χ0) is 22.3. The number of carbonyl (C=O) groups is 2. The first kappa shape index (κ1) is 21.1. The van der Waals surface area contributed by atoms with Gasteiger partial charge in [-0.3, -0.25) is 9.69 Å². The molecule has 2 amide bonds. The third kappa shape index (κ3) is 4.96. The highest BCUT2D eigenvalue weighted by atomic mass is 16.6. The average molecular weight is 425 g/mol. The minimum absolute atomic E-state index is 0.175. The van der Waals surface area contributed by atoms with Crippen LogP contribution in [0.2, 0.25) is 0 Å². The van der Waals surface area contributed by atoms with Crippen LogP contribution in [0, 0.1) is 11.3 Å². The van der Waals surface area contributed by atoms with Crippen molar-refractivity contribution in [3.8, 4) is 17.2 Å². The molecular weight excluding hydrogens is 402 g/mol. The summed E-state index contributed by atoms with van der Waals surface area (Å²) in [7, 11) is 0. The molecule has 1 unspecified atom stereocenters. The average Bonchev–Trinajstić information content (AvgIpc) is 3.34. The van der Waals surface area contributed by atoms with Crippen LogP contribution < -0.4 is 5.32 Å². The highest BCUT2D eigenvalue weighted by molar-refractivity contribution is 5.97. The molecule has 1 atom stereocenters. The first-order valence-corrected chi connectivity index (χ1v) is 10.5. The van der Waals surface area contributed by atoms with E-state index >= 15 is 0 Å². The molecule has 4 rings (SSSR count). The van der Waals surface area contributed by atoms with Crippen LogP contribution in [0.5, 0.6) is 0 Å². The van der Waals surface area contributed by atoms with Crippen molar-refractivity contribution in [3.05, 3.63) is 90.0 Å². The second-order valence-corrected chi connectivity index (χ2v) is 7.65. The van der Waals surface area contributed by atoms with E-state index in [2.05, 4.69) is 11.4 Å².